The van der Waals surface area contributed by atoms with Crippen LogP contribution in [0.2, 0.25) is 0 Å². The molecule has 25 heavy (non-hydrogen) atoms. The van der Waals surface area contributed by atoms with Crippen molar-refractivity contribution >= 4 is 16.7 Å². The summed E-state index contributed by atoms with van der Waals surface area (Å²) in [6, 6.07) is 3.60. The summed E-state index contributed by atoms with van der Waals surface area (Å²) in [4.78, 5) is 9.25. The van der Waals surface area contributed by atoms with Gasteiger partial charge in [0.1, 0.15) is 11.6 Å². The lowest BCUT2D eigenvalue weighted by atomic mass is 9.96. The van der Waals surface area contributed by atoms with E-state index in [-0.39, 0.29) is 16.9 Å². The molecule has 0 saturated heterocycles. The molecule has 1 N–H and O–H groups in total. The van der Waals surface area contributed by atoms with Crippen LogP contribution in [0, 0.1) is 5.82 Å². The summed E-state index contributed by atoms with van der Waals surface area (Å²) >= 11 is 0. The third-order valence-corrected chi connectivity index (χ3v) is 4.98. The van der Waals surface area contributed by atoms with Crippen molar-refractivity contribution in [2.45, 2.75) is 37.4 Å². The van der Waals surface area contributed by atoms with Crippen molar-refractivity contribution in [1.29, 1.82) is 0 Å². The van der Waals surface area contributed by atoms with Gasteiger partial charge in [-0.1, -0.05) is 12.8 Å². The van der Waals surface area contributed by atoms with Crippen LogP contribution in [-0.2, 0) is 6.18 Å². The minimum atomic E-state index is -4.69. The fourth-order valence-corrected chi connectivity index (χ4v) is 3.43. The highest BCUT2D eigenvalue weighted by Gasteiger charge is 2.37. The largest absolute Gasteiger partial charge is 0.451 e. The fourth-order valence-electron chi connectivity index (χ4n) is 3.43. The zero-order chi connectivity index (χ0) is 18.2. The van der Waals surface area contributed by atoms with Crippen LogP contribution >= 0.6 is 0 Å². The number of hydrogen-bond donors (Lipinski definition) is 1. The molecule has 1 saturated carbocycles. The van der Waals surface area contributed by atoms with E-state index < -0.39 is 17.8 Å². The molecule has 0 amide bonds. The first-order chi connectivity index (χ1) is 11.7. The van der Waals surface area contributed by atoms with Crippen LogP contribution in [-0.4, -0.2) is 41.0 Å². The predicted octanol–water partition coefficient (Wildman–Crippen LogP) is 4.07. The fraction of sp³-hybridized carbons (Fsp3) is 0.529. The lowest BCUT2D eigenvalue weighted by Crippen LogP contribution is -2.47. The maximum absolute atomic E-state index is 13.4. The van der Waals surface area contributed by atoms with Gasteiger partial charge in [-0.15, -0.1) is 0 Å². The van der Waals surface area contributed by atoms with Crippen molar-refractivity contribution < 1.29 is 17.6 Å². The number of anilines is 1. The molecular formula is C17H20F4N4. The van der Waals surface area contributed by atoms with E-state index in [1.165, 1.54) is 12.1 Å². The normalized spacial score (nSPS) is 17.4. The van der Waals surface area contributed by atoms with Crippen molar-refractivity contribution in [3.63, 3.8) is 0 Å². The quantitative estimate of drug-likeness (QED) is 0.839. The van der Waals surface area contributed by atoms with Gasteiger partial charge in [0.25, 0.3) is 0 Å². The molecule has 1 heterocycles. The third kappa shape index (κ3) is 3.53. The topological polar surface area (TPSA) is 41.0 Å². The zero-order valence-electron chi connectivity index (χ0n) is 14.1. The van der Waals surface area contributed by atoms with E-state index >= 15 is 0 Å². The minimum absolute atomic E-state index is 0.0600. The number of nitrogens with one attached hydrogen (secondary N) is 1. The molecule has 4 nitrogen and oxygen atoms in total. The highest BCUT2D eigenvalue weighted by Crippen LogP contribution is 2.35. The number of rotatable bonds is 4. The summed E-state index contributed by atoms with van der Waals surface area (Å²) in [6.07, 6.45) is -0.580. The number of halogens is 4. The summed E-state index contributed by atoms with van der Waals surface area (Å²) in [7, 11) is 3.95. The lowest BCUT2D eigenvalue weighted by Gasteiger charge is -2.36. The SMILES string of the molecule is CN(C)C1(CNc2nc(C(F)(F)F)nc3cc(F)ccc23)CCCC1. The molecule has 0 bridgehead atoms. The van der Waals surface area contributed by atoms with Crippen LogP contribution in [0.4, 0.5) is 23.4 Å². The van der Waals surface area contributed by atoms with Gasteiger partial charge in [0.15, 0.2) is 0 Å². The van der Waals surface area contributed by atoms with Gasteiger partial charge in [0.05, 0.1) is 5.52 Å². The van der Waals surface area contributed by atoms with E-state index in [4.69, 9.17) is 0 Å². The average Bonchev–Trinajstić information content (AvgIpc) is 3.01. The summed E-state index contributed by atoms with van der Waals surface area (Å²) in [5.41, 5.74) is -0.175. The zero-order valence-corrected chi connectivity index (χ0v) is 14.1. The Hall–Kier alpha value is -1.96. The summed E-state index contributed by atoms with van der Waals surface area (Å²) in [5, 5.41) is 3.44. The second kappa shape index (κ2) is 6.40. The van der Waals surface area contributed by atoms with Crippen LogP contribution < -0.4 is 5.32 Å². The van der Waals surface area contributed by atoms with Crippen LogP contribution in [0.5, 0.6) is 0 Å². The van der Waals surface area contributed by atoms with Crippen LogP contribution in [0.1, 0.15) is 31.5 Å². The summed E-state index contributed by atoms with van der Waals surface area (Å²) in [5.74, 6) is -1.81. The first-order valence-electron chi connectivity index (χ1n) is 8.17. The lowest BCUT2D eigenvalue weighted by molar-refractivity contribution is -0.144. The van der Waals surface area contributed by atoms with Crippen molar-refractivity contribution in [2.75, 3.05) is 26.0 Å². The Morgan fingerprint density at radius 2 is 1.84 bits per heavy atom. The van der Waals surface area contributed by atoms with Crippen molar-refractivity contribution in [1.82, 2.24) is 14.9 Å². The minimum Gasteiger partial charge on any atom is -0.368 e. The van der Waals surface area contributed by atoms with Gasteiger partial charge in [-0.3, -0.25) is 0 Å². The van der Waals surface area contributed by atoms with Gasteiger partial charge in [-0.2, -0.15) is 13.2 Å². The number of fused-ring (bicyclic) bond motifs is 1. The van der Waals surface area contributed by atoms with Gasteiger partial charge < -0.3 is 10.2 Å². The Balaban J connectivity index is 1.99. The Morgan fingerprint density at radius 1 is 1.16 bits per heavy atom. The first-order valence-corrected chi connectivity index (χ1v) is 8.17. The predicted molar refractivity (Wildman–Crippen MR) is 87.9 cm³/mol. The van der Waals surface area contributed by atoms with Gasteiger partial charge >= 0.3 is 6.18 Å². The molecule has 0 radical (unpaired) electrons. The van der Waals surface area contributed by atoms with Crippen LogP contribution in [0.3, 0.4) is 0 Å². The molecule has 136 valence electrons. The Bertz CT molecular complexity index is 767. The molecule has 1 aliphatic carbocycles. The van der Waals surface area contributed by atoms with Crippen molar-refractivity contribution in [3.05, 3.63) is 29.8 Å². The maximum Gasteiger partial charge on any atom is 0.451 e. The van der Waals surface area contributed by atoms with Gasteiger partial charge in [0.2, 0.25) is 5.82 Å². The molecule has 2 aromatic rings. The van der Waals surface area contributed by atoms with Gasteiger partial charge in [-0.05, 0) is 39.1 Å². The first kappa shape index (κ1) is 17.8. The van der Waals surface area contributed by atoms with Crippen molar-refractivity contribution in [2.24, 2.45) is 0 Å². The number of likely N-dealkylation sites (N-methyl/N-ethyl adjacent to an activating group) is 1. The monoisotopic (exact) mass is 356 g/mol. The van der Waals surface area contributed by atoms with E-state index in [0.717, 1.165) is 31.7 Å². The van der Waals surface area contributed by atoms with E-state index in [1.807, 2.05) is 14.1 Å². The smallest absolute Gasteiger partial charge is 0.368 e. The van der Waals surface area contributed by atoms with Crippen LogP contribution in [0.25, 0.3) is 10.9 Å². The third-order valence-electron chi connectivity index (χ3n) is 4.98. The number of alkyl halides is 3. The van der Waals surface area contributed by atoms with Crippen LogP contribution in [0.15, 0.2) is 18.2 Å². The number of hydrogen-bond acceptors (Lipinski definition) is 4. The number of benzene rings is 1. The molecular weight excluding hydrogens is 336 g/mol. The summed E-state index contributed by atoms with van der Waals surface area (Å²) in [6.45, 7) is 0.473. The molecule has 0 unspecified atom stereocenters. The molecule has 0 spiro atoms. The molecule has 0 atom stereocenters. The molecule has 1 aromatic heterocycles. The van der Waals surface area contributed by atoms with E-state index in [1.54, 1.807) is 0 Å². The highest BCUT2D eigenvalue weighted by atomic mass is 19.4. The molecule has 0 aliphatic heterocycles. The van der Waals surface area contributed by atoms with E-state index in [2.05, 4.69) is 20.2 Å². The maximum atomic E-state index is 13.4. The van der Waals surface area contributed by atoms with E-state index in [9.17, 15) is 17.6 Å². The Morgan fingerprint density at radius 3 is 2.44 bits per heavy atom. The standard InChI is InChI=1S/C17H20F4N4/c1-25(2)16(7-3-4-8-16)10-22-14-12-6-5-11(18)9-13(12)23-15(24-14)17(19,20)21/h5-6,9H,3-4,7-8,10H2,1-2H3,(H,22,23,24). The molecule has 8 heteroatoms. The average molecular weight is 356 g/mol. The Kier molecular flexibility index (Phi) is 4.57. The highest BCUT2D eigenvalue weighted by molar-refractivity contribution is 5.89. The second-order valence-electron chi connectivity index (χ2n) is 6.73. The van der Waals surface area contributed by atoms with Gasteiger partial charge in [0, 0.05) is 23.5 Å². The second-order valence-corrected chi connectivity index (χ2v) is 6.73. The van der Waals surface area contributed by atoms with E-state index in [0.29, 0.717) is 11.9 Å². The Labute approximate surface area is 143 Å². The van der Waals surface area contributed by atoms with Gasteiger partial charge in [-0.25, -0.2) is 14.4 Å². The molecule has 3 rings (SSSR count). The molecule has 1 aromatic carbocycles. The summed E-state index contributed by atoms with van der Waals surface area (Å²) < 4.78 is 52.7. The molecule has 1 fully saturated rings. The number of nitrogens with zero attached hydrogens (tertiary/aromatic N) is 3. The number of aromatic nitrogens is 2. The molecule has 1 aliphatic rings. The van der Waals surface area contributed by atoms with Crippen molar-refractivity contribution in [3.8, 4) is 0 Å².